The number of aryl methyl sites for hydroxylation is 3. The minimum atomic E-state index is -3.81. The highest BCUT2D eigenvalue weighted by Gasteiger charge is 2.14. The van der Waals surface area contributed by atoms with Crippen molar-refractivity contribution in [2.75, 3.05) is 17.3 Å². The van der Waals surface area contributed by atoms with Crippen LogP contribution in [0.2, 0.25) is 0 Å². The number of nitrogens with zero attached hydrogens (tertiary/aromatic N) is 5. The molecule has 10 heteroatoms. The maximum absolute atomic E-state index is 11.8. The van der Waals surface area contributed by atoms with E-state index in [0.717, 1.165) is 22.3 Å². The molecule has 0 fully saturated rings. The molecule has 0 unspecified atom stereocenters. The third-order valence-corrected chi connectivity index (χ3v) is 6.26. The van der Waals surface area contributed by atoms with Crippen LogP contribution in [0.1, 0.15) is 11.3 Å². The fraction of sp³-hybridized carbons (Fsp3) is 0.190. The predicted octanol–water partition coefficient (Wildman–Crippen LogP) is 3.14. The van der Waals surface area contributed by atoms with Gasteiger partial charge in [0.1, 0.15) is 5.82 Å². The number of sulfonamides is 1. The van der Waals surface area contributed by atoms with Crippen molar-refractivity contribution in [2.24, 2.45) is 12.2 Å². The molecule has 0 saturated heterocycles. The number of benzene rings is 2. The molecule has 3 N–H and O–H groups in total. The minimum Gasteiger partial charge on any atom is -0.340 e. The zero-order chi connectivity index (χ0) is 22.3. The van der Waals surface area contributed by atoms with Gasteiger partial charge in [0.25, 0.3) is 0 Å². The molecule has 31 heavy (non-hydrogen) atoms. The second-order valence-electron chi connectivity index (χ2n) is 7.36. The van der Waals surface area contributed by atoms with E-state index >= 15 is 0 Å². The van der Waals surface area contributed by atoms with Gasteiger partial charge in [0, 0.05) is 42.7 Å². The Labute approximate surface area is 180 Å². The zero-order valence-electron chi connectivity index (χ0n) is 17.7. The molecular weight excluding hydrogens is 414 g/mol. The van der Waals surface area contributed by atoms with E-state index in [4.69, 9.17) is 5.14 Å². The molecule has 0 atom stereocenters. The maximum atomic E-state index is 11.8. The molecule has 0 aliphatic rings. The fourth-order valence-corrected chi connectivity index (χ4v) is 4.16. The summed E-state index contributed by atoms with van der Waals surface area (Å²) in [7, 11) is -0.0179. The molecule has 0 spiro atoms. The zero-order valence-corrected chi connectivity index (χ0v) is 18.5. The van der Waals surface area contributed by atoms with Crippen LogP contribution in [0.25, 0.3) is 10.9 Å². The summed E-state index contributed by atoms with van der Waals surface area (Å²) in [6.07, 6.45) is 1.64. The van der Waals surface area contributed by atoms with Gasteiger partial charge in [0.15, 0.2) is 0 Å². The van der Waals surface area contributed by atoms with Crippen molar-refractivity contribution in [1.82, 2.24) is 19.7 Å². The molecule has 2 aromatic heterocycles. The van der Waals surface area contributed by atoms with Crippen molar-refractivity contribution in [2.45, 2.75) is 18.7 Å². The Bertz CT molecular complexity index is 1400. The van der Waals surface area contributed by atoms with Gasteiger partial charge in [0.2, 0.25) is 16.0 Å². The lowest BCUT2D eigenvalue weighted by Crippen LogP contribution is -2.14. The highest BCUT2D eigenvalue weighted by molar-refractivity contribution is 7.89. The number of aromatic nitrogens is 4. The van der Waals surface area contributed by atoms with E-state index in [2.05, 4.69) is 20.4 Å². The van der Waals surface area contributed by atoms with Crippen molar-refractivity contribution in [3.05, 3.63) is 59.9 Å². The maximum Gasteiger partial charge on any atom is 0.238 e. The van der Waals surface area contributed by atoms with E-state index < -0.39 is 10.0 Å². The normalized spacial score (nSPS) is 11.6. The Morgan fingerprint density at radius 2 is 1.87 bits per heavy atom. The summed E-state index contributed by atoms with van der Waals surface area (Å²) >= 11 is 0. The highest BCUT2D eigenvalue weighted by Crippen LogP contribution is 2.27. The molecule has 0 aliphatic carbocycles. The molecule has 2 aromatic carbocycles. The van der Waals surface area contributed by atoms with Crippen LogP contribution >= 0.6 is 0 Å². The summed E-state index contributed by atoms with van der Waals surface area (Å²) in [6.45, 7) is 3.73. The fourth-order valence-electron chi connectivity index (χ4n) is 3.36. The summed E-state index contributed by atoms with van der Waals surface area (Å²) in [5.41, 5.74) is 4.04. The van der Waals surface area contributed by atoms with Crippen LogP contribution in [0.5, 0.6) is 0 Å². The average Bonchev–Trinajstić information content (AvgIpc) is 3.01. The standard InChI is InChI=1S/C21H23N7O2S/c1-13-5-6-15(11-19(13)31(22,29)30)24-20-9-10-23-21(25-20)27(3)16-7-8-17-14(2)28(4)26-18(17)12-16/h5-12H,1-4H3,(H2,22,29,30)(H,23,24,25). The molecule has 0 aliphatic heterocycles. The van der Waals surface area contributed by atoms with Gasteiger partial charge < -0.3 is 10.2 Å². The van der Waals surface area contributed by atoms with Gasteiger partial charge in [-0.15, -0.1) is 0 Å². The first kappa shape index (κ1) is 20.8. The molecule has 2 heterocycles. The SMILES string of the molecule is Cc1ccc(Nc2ccnc(N(C)c3ccc4c(C)n(C)nc4c3)n2)cc1S(N)(=O)=O. The van der Waals surface area contributed by atoms with E-state index in [1.807, 2.05) is 48.8 Å². The number of rotatable bonds is 5. The number of fused-ring (bicyclic) bond motifs is 1. The van der Waals surface area contributed by atoms with Crippen molar-refractivity contribution in [3.63, 3.8) is 0 Å². The Kier molecular flexibility index (Phi) is 5.11. The number of hydrogen-bond acceptors (Lipinski definition) is 7. The summed E-state index contributed by atoms with van der Waals surface area (Å²) in [5.74, 6) is 1.01. The summed E-state index contributed by atoms with van der Waals surface area (Å²) in [4.78, 5) is 10.9. The third-order valence-electron chi connectivity index (χ3n) is 5.21. The second kappa shape index (κ2) is 7.64. The first-order chi connectivity index (χ1) is 14.6. The lowest BCUT2D eigenvalue weighted by Gasteiger charge is -2.18. The lowest BCUT2D eigenvalue weighted by molar-refractivity contribution is 0.597. The first-order valence-electron chi connectivity index (χ1n) is 9.54. The molecule has 160 valence electrons. The van der Waals surface area contributed by atoms with Gasteiger partial charge in [0.05, 0.1) is 10.4 Å². The van der Waals surface area contributed by atoms with Gasteiger partial charge in [-0.05, 0) is 55.8 Å². The number of nitrogens with one attached hydrogen (secondary N) is 1. The average molecular weight is 438 g/mol. The Balaban J connectivity index is 1.63. The van der Waals surface area contributed by atoms with Crippen molar-refractivity contribution in [3.8, 4) is 0 Å². The van der Waals surface area contributed by atoms with Crippen LogP contribution in [0.3, 0.4) is 0 Å². The Morgan fingerprint density at radius 3 is 2.61 bits per heavy atom. The molecule has 0 radical (unpaired) electrons. The Hall–Kier alpha value is -3.50. The molecule has 4 aromatic rings. The molecule has 9 nitrogen and oxygen atoms in total. The summed E-state index contributed by atoms with van der Waals surface area (Å²) in [5, 5.41) is 14.1. The smallest absolute Gasteiger partial charge is 0.238 e. The topological polar surface area (TPSA) is 119 Å². The van der Waals surface area contributed by atoms with Crippen LogP contribution in [0.15, 0.2) is 53.6 Å². The summed E-state index contributed by atoms with van der Waals surface area (Å²) in [6, 6.07) is 12.7. The van der Waals surface area contributed by atoms with Crippen molar-refractivity contribution in [1.29, 1.82) is 0 Å². The first-order valence-corrected chi connectivity index (χ1v) is 11.1. The van der Waals surface area contributed by atoms with Crippen molar-refractivity contribution < 1.29 is 8.42 Å². The third kappa shape index (κ3) is 4.07. The van der Waals surface area contributed by atoms with E-state index in [1.54, 1.807) is 31.3 Å². The predicted molar refractivity (Wildman–Crippen MR) is 121 cm³/mol. The van der Waals surface area contributed by atoms with Crippen LogP contribution in [-0.2, 0) is 17.1 Å². The molecule has 0 saturated carbocycles. The van der Waals surface area contributed by atoms with E-state index in [0.29, 0.717) is 23.0 Å². The van der Waals surface area contributed by atoms with Gasteiger partial charge in [-0.1, -0.05) is 6.07 Å². The molecule has 4 rings (SSSR count). The lowest BCUT2D eigenvalue weighted by atomic mass is 10.2. The number of anilines is 4. The van der Waals surface area contributed by atoms with Crippen LogP contribution in [-0.4, -0.2) is 35.2 Å². The van der Waals surface area contributed by atoms with Gasteiger partial charge in [-0.3, -0.25) is 4.68 Å². The van der Waals surface area contributed by atoms with Gasteiger partial charge in [-0.25, -0.2) is 18.5 Å². The van der Waals surface area contributed by atoms with Crippen molar-refractivity contribution >= 4 is 44.1 Å². The summed E-state index contributed by atoms with van der Waals surface area (Å²) < 4.78 is 25.4. The Morgan fingerprint density at radius 1 is 1.10 bits per heavy atom. The molecule has 0 bridgehead atoms. The largest absolute Gasteiger partial charge is 0.340 e. The number of primary sulfonamides is 1. The number of nitrogens with two attached hydrogens (primary N) is 1. The van der Waals surface area contributed by atoms with Crippen LogP contribution in [0.4, 0.5) is 23.1 Å². The van der Waals surface area contributed by atoms with E-state index in [9.17, 15) is 8.42 Å². The monoisotopic (exact) mass is 437 g/mol. The minimum absolute atomic E-state index is 0.0721. The van der Waals surface area contributed by atoms with Crippen LogP contribution in [0, 0.1) is 13.8 Å². The number of hydrogen-bond donors (Lipinski definition) is 2. The van der Waals surface area contributed by atoms with E-state index in [-0.39, 0.29) is 4.90 Å². The van der Waals surface area contributed by atoms with Crippen LogP contribution < -0.4 is 15.4 Å². The highest BCUT2D eigenvalue weighted by atomic mass is 32.2. The molecular formula is C21H23N7O2S. The van der Waals surface area contributed by atoms with Gasteiger partial charge in [-0.2, -0.15) is 10.1 Å². The second-order valence-corrected chi connectivity index (χ2v) is 8.89. The molecule has 0 amide bonds. The quantitative estimate of drug-likeness (QED) is 0.492. The van der Waals surface area contributed by atoms with Gasteiger partial charge >= 0.3 is 0 Å². The van der Waals surface area contributed by atoms with E-state index in [1.165, 1.54) is 6.07 Å².